The van der Waals surface area contributed by atoms with Crippen molar-refractivity contribution in [3.8, 4) is 0 Å². The average Bonchev–Trinajstić information content (AvgIpc) is 2.02. The van der Waals surface area contributed by atoms with Gasteiger partial charge in [0.15, 0.2) is 0 Å². The summed E-state index contributed by atoms with van der Waals surface area (Å²) in [7, 11) is 1.77. The predicted molar refractivity (Wildman–Crippen MR) is 53.3 cm³/mol. The second-order valence-electron chi connectivity index (χ2n) is 3.10. The van der Waals surface area contributed by atoms with Crippen molar-refractivity contribution < 1.29 is 4.74 Å². The molecular weight excluding hydrogens is 204 g/mol. The van der Waals surface area contributed by atoms with Crippen molar-refractivity contribution in [1.29, 1.82) is 0 Å². The Hall–Kier alpha value is 0.440. The van der Waals surface area contributed by atoms with Crippen LogP contribution in [-0.4, -0.2) is 18.0 Å². The summed E-state index contributed by atoms with van der Waals surface area (Å²) in [6.45, 7) is 6.55. The van der Waals surface area contributed by atoms with Gasteiger partial charge in [0.2, 0.25) is 0 Å². The summed E-state index contributed by atoms with van der Waals surface area (Å²) in [4.78, 5) is 0.599. The van der Waals surface area contributed by atoms with Gasteiger partial charge in [-0.25, -0.2) is 0 Å². The zero-order valence-corrected chi connectivity index (χ0v) is 9.52. The summed E-state index contributed by atoms with van der Waals surface area (Å²) in [6.07, 6.45) is 2.82. The molecule has 0 N–H and O–H groups in total. The molecule has 1 nitrogen and oxygen atoms in total. The van der Waals surface area contributed by atoms with Crippen LogP contribution in [0.5, 0.6) is 0 Å². The molecule has 0 aliphatic heterocycles. The Bertz CT molecular complexity index is 95.6. The van der Waals surface area contributed by atoms with Gasteiger partial charge in [0.1, 0.15) is 0 Å². The lowest BCUT2D eigenvalue weighted by Gasteiger charge is -2.23. The maximum atomic E-state index is 5.25. The topological polar surface area (TPSA) is 9.23 Å². The first-order valence-electron chi connectivity index (χ1n) is 4.30. The van der Waals surface area contributed by atoms with Crippen LogP contribution in [0.1, 0.15) is 33.6 Å². The molecule has 11 heavy (non-hydrogen) atoms. The third-order valence-electron chi connectivity index (χ3n) is 2.25. The Balaban J connectivity index is 3.70. The molecule has 0 saturated heterocycles. The molecule has 68 valence electrons. The molecule has 0 bridgehead atoms. The number of alkyl halides is 1. The minimum absolute atomic E-state index is 0.353. The maximum Gasteiger partial charge on any atom is 0.0579 e. The molecule has 2 heteroatoms. The molecule has 0 aromatic heterocycles. The van der Waals surface area contributed by atoms with E-state index in [4.69, 9.17) is 4.74 Å². The molecule has 0 aliphatic carbocycles. The van der Waals surface area contributed by atoms with E-state index < -0.39 is 0 Å². The van der Waals surface area contributed by atoms with E-state index >= 15 is 0 Å². The Morgan fingerprint density at radius 1 is 1.36 bits per heavy atom. The molecule has 0 radical (unpaired) electrons. The Labute approximate surface area is 78.6 Å². The number of ether oxygens (including phenoxy) is 1. The highest BCUT2D eigenvalue weighted by Gasteiger charge is 2.18. The standard InChI is InChI=1S/C9H19BrO/c1-5-6-9(10)7(2)8(3)11-4/h7-9H,5-6H2,1-4H3. The first kappa shape index (κ1) is 11.4. The van der Waals surface area contributed by atoms with E-state index in [2.05, 4.69) is 36.7 Å². The monoisotopic (exact) mass is 222 g/mol. The number of hydrogen-bond donors (Lipinski definition) is 0. The van der Waals surface area contributed by atoms with E-state index in [-0.39, 0.29) is 0 Å². The van der Waals surface area contributed by atoms with Crippen LogP contribution in [0, 0.1) is 5.92 Å². The largest absolute Gasteiger partial charge is 0.381 e. The third-order valence-corrected chi connectivity index (χ3v) is 3.54. The average molecular weight is 223 g/mol. The van der Waals surface area contributed by atoms with Crippen LogP contribution in [0.4, 0.5) is 0 Å². The number of rotatable bonds is 5. The zero-order chi connectivity index (χ0) is 8.85. The molecular formula is C9H19BrO. The minimum Gasteiger partial charge on any atom is -0.381 e. The summed E-state index contributed by atoms with van der Waals surface area (Å²) >= 11 is 3.66. The van der Waals surface area contributed by atoms with Crippen LogP contribution in [-0.2, 0) is 4.74 Å². The quantitative estimate of drug-likeness (QED) is 0.650. The van der Waals surface area contributed by atoms with E-state index in [1.807, 2.05) is 0 Å². The smallest absolute Gasteiger partial charge is 0.0579 e. The molecule has 0 rings (SSSR count). The van der Waals surface area contributed by atoms with E-state index in [0.29, 0.717) is 16.8 Å². The lowest BCUT2D eigenvalue weighted by atomic mass is 9.99. The molecule has 0 heterocycles. The van der Waals surface area contributed by atoms with E-state index in [1.165, 1.54) is 12.8 Å². The summed E-state index contributed by atoms with van der Waals surface area (Å²) in [6, 6.07) is 0. The number of hydrogen-bond acceptors (Lipinski definition) is 1. The van der Waals surface area contributed by atoms with Gasteiger partial charge in [-0.15, -0.1) is 0 Å². The third kappa shape index (κ3) is 4.12. The van der Waals surface area contributed by atoms with E-state index in [9.17, 15) is 0 Å². The highest BCUT2D eigenvalue weighted by atomic mass is 79.9. The Kier molecular flexibility index (Phi) is 6.25. The number of halogens is 1. The highest BCUT2D eigenvalue weighted by Crippen LogP contribution is 2.22. The van der Waals surface area contributed by atoms with Gasteiger partial charge in [-0.3, -0.25) is 0 Å². The molecule has 0 fully saturated rings. The van der Waals surface area contributed by atoms with Crippen molar-refractivity contribution >= 4 is 15.9 Å². The van der Waals surface area contributed by atoms with Crippen LogP contribution in [0.3, 0.4) is 0 Å². The first-order chi connectivity index (χ1) is 5.13. The molecule has 0 saturated carbocycles. The van der Waals surface area contributed by atoms with Crippen molar-refractivity contribution in [3.05, 3.63) is 0 Å². The maximum absolute atomic E-state index is 5.25. The lowest BCUT2D eigenvalue weighted by Crippen LogP contribution is -2.24. The molecule has 0 aromatic carbocycles. The Morgan fingerprint density at radius 3 is 2.27 bits per heavy atom. The summed E-state index contributed by atoms with van der Waals surface area (Å²) < 4.78 is 5.25. The second kappa shape index (κ2) is 6.01. The lowest BCUT2D eigenvalue weighted by molar-refractivity contribution is 0.0726. The summed E-state index contributed by atoms with van der Waals surface area (Å²) in [5.74, 6) is 0.597. The molecule has 3 unspecified atom stereocenters. The zero-order valence-electron chi connectivity index (χ0n) is 7.93. The molecule has 0 spiro atoms. The van der Waals surface area contributed by atoms with Gasteiger partial charge in [0.05, 0.1) is 6.10 Å². The van der Waals surface area contributed by atoms with Gasteiger partial charge < -0.3 is 4.74 Å². The van der Waals surface area contributed by atoms with Crippen molar-refractivity contribution in [1.82, 2.24) is 0 Å². The van der Waals surface area contributed by atoms with Crippen LogP contribution in [0.25, 0.3) is 0 Å². The SMILES string of the molecule is CCCC(Br)C(C)C(C)OC. The van der Waals surface area contributed by atoms with E-state index in [1.54, 1.807) is 7.11 Å². The summed E-state index contributed by atoms with van der Waals surface area (Å²) in [5, 5.41) is 0. The van der Waals surface area contributed by atoms with Crippen molar-refractivity contribution in [2.45, 2.75) is 44.5 Å². The van der Waals surface area contributed by atoms with E-state index in [0.717, 1.165) is 0 Å². The first-order valence-corrected chi connectivity index (χ1v) is 5.21. The van der Waals surface area contributed by atoms with Crippen LogP contribution in [0.15, 0.2) is 0 Å². The highest BCUT2D eigenvalue weighted by molar-refractivity contribution is 9.09. The normalized spacial score (nSPS) is 19.4. The van der Waals surface area contributed by atoms with Gasteiger partial charge in [-0.1, -0.05) is 36.2 Å². The summed E-state index contributed by atoms with van der Waals surface area (Å²) in [5.41, 5.74) is 0. The second-order valence-corrected chi connectivity index (χ2v) is 4.28. The molecule has 0 amide bonds. The van der Waals surface area contributed by atoms with Crippen LogP contribution < -0.4 is 0 Å². The molecule has 0 aromatic rings. The molecule has 3 atom stereocenters. The predicted octanol–water partition coefficient (Wildman–Crippen LogP) is 3.22. The van der Waals surface area contributed by atoms with Crippen LogP contribution in [0.2, 0.25) is 0 Å². The Morgan fingerprint density at radius 2 is 1.91 bits per heavy atom. The number of methoxy groups -OCH3 is 1. The fourth-order valence-corrected chi connectivity index (χ4v) is 1.94. The van der Waals surface area contributed by atoms with Gasteiger partial charge in [0, 0.05) is 11.9 Å². The van der Waals surface area contributed by atoms with Gasteiger partial charge in [0.25, 0.3) is 0 Å². The van der Waals surface area contributed by atoms with Crippen molar-refractivity contribution in [2.75, 3.05) is 7.11 Å². The van der Waals surface area contributed by atoms with Crippen LogP contribution >= 0.6 is 15.9 Å². The minimum atomic E-state index is 0.353. The van der Waals surface area contributed by atoms with Crippen molar-refractivity contribution in [2.24, 2.45) is 5.92 Å². The fraction of sp³-hybridized carbons (Fsp3) is 1.00. The van der Waals surface area contributed by atoms with Gasteiger partial charge in [-0.05, 0) is 19.3 Å². The van der Waals surface area contributed by atoms with Gasteiger partial charge >= 0.3 is 0 Å². The van der Waals surface area contributed by atoms with Crippen molar-refractivity contribution in [3.63, 3.8) is 0 Å². The van der Waals surface area contributed by atoms with Gasteiger partial charge in [-0.2, -0.15) is 0 Å². The molecule has 0 aliphatic rings. The fourth-order valence-electron chi connectivity index (χ4n) is 1.05.